The van der Waals surface area contributed by atoms with E-state index in [9.17, 15) is 0 Å². The first-order chi connectivity index (χ1) is 11.4. The summed E-state index contributed by atoms with van der Waals surface area (Å²) in [5.41, 5.74) is 2.42. The summed E-state index contributed by atoms with van der Waals surface area (Å²) in [6.45, 7) is 4.22. The summed E-state index contributed by atoms with van der Waals surface area (Å²) in [7, 11) is 0. The van der Waals surface area contributed by atoms with E-state index in [1.807, 2.05) is 30.3 Å². The first-order valence-electron chi connectivity index (χ1n) is 8.16. The van der Waals surface area contributed by atoms with Gasteiger partial charge in [0.25, 0.3) is 0 Å². The third kappa shape index (κ3) is 7.28. The van der Waals surface area contributed by atoms with E-state index < -0.39 is 0 Å². The molecule has 0 saturated carbocycles. The summed E-state index contributed by atoms with van der Waals surface area (Å²) in [6, 6.07) is 18.4. The highest BCUT2D eigenvalue weighted by molar-refractivity contribution is 5.27. The van der Waals surface area contributed by atoms with Crippen LogP contribution in [-0.2, 0) is 13.2 Å². The number of rotatable bonds is 11. The molecule has 4 nitrogen and oxygen atoms in total. The minimum absolute atomic E-state index is 0.201. The molecule has 0 aliphatic rings. The second kappa shape index (κ2) is 10.8. The van der Waals surface area contributed by atoms with Gasteiger partial charge in [-0.05, 0) is 42.8 Å². The minimum atomic E-state index is 0.201. The Balaban J connectivity index is 1.62. The number of hydrogen-bond acceptors (Lipinski definition) is 4. The van der Waals surface area contributed by atoms with Crippen LogP contribution in [0.15, 0.2) is 54.6 Å². The average molecular weight is 314 g/mol. The van der Waals surface area contributed by atoms with E-state index in [1.54, 1.807) is 0 Å². The van der Waals surface area contributed by atoms with Gasteiger partial charge in [0.15, 0.2) is 0 Å². The lowest BCUT2D eigenvalue weighted by Crippen LogP contribution is -2.23. The topological polar surface area (TPSA) is 53.5 Å². The molecule has 2 aromatic rings. The van der Waals surface area contributed by atoms with E-state index >= 15 is 0 Å². The fourth-order valence-corrected chi connectivity index (χ4v) is 2.22. The highest BCUT2D eigenvalue weighted by Gasteiger charge is 1.97. The van der Waals surface area contributed by atoms with Crippen LogP contribution in [0.3, 0.4) is 0 Å². The lowest BCUT2D eigenvalue weighted by Gasteiger charge is -2.08. The van der Waals surface area contributed by atoms with E-state index in [0.717, 1.165) is 31.8 Å². The molecule has 3 N–H and O–H groups in total. The highest BCUT2D eigenvalue weighted by atomic mass is 16.5. The zero-order valence-electron chi connectivity index (χ0n) is 13.5. The van der Waals surface area contributed by atoms with Gasteiger partial charge in [0.05, 0.1) is 6.61 Å². The first-order valence-corrected chi connectivity index (χ1v) is 8.16. The van der Waals surface area contributed by atoms with Crippen LogP contribution < -0.4 is 15.4 Å². The van der Waals surface area contributed by atoms with Crippen molar-refractivity contribution < 1.29 is 9.84 Å². The predicted molar refractivity (Wildman–Crippen MR) is 93.5 cm³/mol. The van der Waals surface area contributed by atoms with Crippen molar-refractivity contribution in [2.75, 3.05) is 26.2 Å². The van der Waals surface area contributed by atoms with Crippen molar-refractivity contribution in [3.63, 3.8) is 0 Å². The molecule has 0 atom stereocenters. The largest absolute Gasteiger partial charge is 0.489 e. The average Bonchev–Trinajstić information content (AvgIpc) is 2.61. The Bertz CT molecular complexity index is 529. The van der Waals surface area contributed by atoms with Gasteiger partial charge < -0.3 is 20.5 Å². The van der Waals surface area contributed by atoms with Gasteiger partial charge in [0.1, 0.15) is 12.4 Å². The van der Waals surface area contributed by atoms with Crippen LogP contribution in [0.1, 0.15) is 17.5 Å². The maximum Gasteiger partial charge on any atom is 0.119 e. The Labute approximate surface area is 138 Å². The molecule has 0 bridgehead atoms. The second-order valence-corrected chi connectivity index (χ2v) is 5.42. The Hall–Kier alpha value is -1.88. The van der Waals surface area contributed by atoms with Gasteiger partial charge in [-0.2, -0.15) is 0 Å². The molecule has 4 heteroatoms. The summed E-state index contributed by atoms with van der Waals surface area (Å²) in [5.74, 6) is 0.894. The van der Waals surface area contributed by atoms with Gasteiger partial charge in [0, 0.05) is 13.1 Å². The molecule has 0 aromatic heterocycles. The van der Waals surface area contributed by atoms with Gasteiger partial charge in [-0.25, -0.2) is 0 Å². The number of benzene rings is 2. The number of aliphatic hydroxyl groups excluding tert-OH is 1. The molecule has 0 unspecified atom stereocenters. The van der Waals surface area contributed by atoms with Crippen LogP contribution in [0.5, 0.6) is 5.75 Å². The van der Waals surface area contributed by atoms with Gasteiger partial charge in [-0.15, -0.1) is 0 Å². The molecular formula is C19H26N2O2. The Kier molecular flexibility index (Phi) is 8.19. The summed E-state index contributed by atoms with van der Waals surface area (Å²) >= 11 is 0. The normalized spacial score (nSPS) is 10.7. The third-order valence-electron chi connectivity index (χ3n) is 3.50. The van der Waals surface area contributed by atoms with Crippen LogP contribution in [0.4, 0.5) is 0 Å². The summed E-state index contributed by atoms with van der Waals surface area (Å²) < 4.78 is 5.78. The molecule has 0 heterocycles. The molecule has 0 fully saturated rings. The van der Waals surface area contributed by atoms with E-state index in [2.05, 4.69) is 34.9 Å². The van der Waals surface area contributed by atoms with Gasteiger partial charge in [-0.3, -0.25) is 0 Å². The minimum Gasteiger partial charge on any atom is -0.489 e. The highest BCUT2D eigenvalue weighted by Crippen LogP contribution is 2.14. The smallest absolute Gasteiger partial charge is 0.119 e. The first kappa shape index (κ1) is 17.5. The molecule has 2 aromatic carbocycles. The lowest BCUT2D eigenvalue weighted by molar-refractivity contribution is 0.292. The van der Waals surface area contributed by atoms with Gasteiger partial charge in [-0.1, -0.05) is 42.5 Å². The van der Waals surface area contributed by atoms with Gasteiger partial charge >= 0.3 is 0 Å². The van der Waals surface area contributed by atoms with E-state index in [0.29, 0.717) is 13.2 Å². The molecule has 0 radical (unpaired) electrons. The van der Waals surface area contributed by atoms with Crippen LogP contribution >= 0.6 is 0 Å². The summed E-state index contributed by atoms with van der Waals surface area (Å²) in [6.07, 6.45) is 1.05. The maximum atomic E-state index is 8.65. The fourth-order valence-electron chi connectivity index (χ4n) is 2.22. The zero-order chi connectivity index (χ0) is 16.2. The number of aliphatic hydroxyl groups is 1. The molecule has 0 amide bonds. The molecule has 0 aliphatic carbocycles. The predicted octanol–water partition coefficient (Wildman–Crippen LogP) is 2.33. The third-order valence-corrected chi connectivity index (χ3v) is 3.50. The zero-order valence-corrected chi connectivity index (χ0v) is 13.5. The van der Waals surface area contributed by atoms with Crippen molar-refractivity contribution in [2.45, 2.75) is 19.6 Å². The quantitative estimate of drug-likeness (QED) is 0.557. The van der Waals surface area contributed by atoms with Crippen molar-refractivity contribution in [1.29, 1.82) is 0 Å². The summed E-state index contributed by atoms with van der Waals surface area (Å²) in [4.78, 5) is 0. The van der Waals surface area contributed by atoms with Crippen molar-refractivity contribution >= 4 is 0 Å². The standard InChI is InChI=1S/C19H26N2O2/c22-14-13-20-11-4-12-21-15-17-7-9-19(10-8-17)23-16-18-5-2-1-3-6-18/h1-3,5-10,20-22H,4,11-16H2. The number of nitrogens with one attached hydrogen (secondary N) is 2. The molecule has 0 saturated heterocycles. The van der Waals surface area contributed by atoms with Gasteiger partial charge in [0.2, 0.25) is 0 Å². The Morgan fingerprint density at radius 3 is 2.26 bits per heavy atom. The van der Waals surface area contributed by atoms with Crippen LogP contribution in [0, 0.1) is 0 Å². The molecule has 2 rings (SSSR count). The van der Waals surface area contributed by atoms with Crippen molar-refractivity contribution in [1.82, 2.24) is 10.6 Å². The molecular weight excluding hydrogens is 288 g/mol. The van der Waals surface area contributed by atoms with E-state index in [4.69, 9.17) is 9.84 Å². The van der Waals surface area contributed by atoms with Crippen molar-refractivity contribution in [3.05, 3.63) is 65.7 Å². The van der Waals surface area contributed by atoms with Crippen LogP contribution in [0.25, 0.3) is 0 Å². The molecule has 23 heavy (non-hydrogen) atoms. The maximum absolute atomic E-state index is 8.65. The molecule has 0 spiro atoms. The molecule has 124 valence electrons. The number of ether oxygens (including phenoxy) is 1. The van der Waals surface area contributed by atoms with Crippen molar-refractivity contribution in [2.24, 2.45) is 0 Å². The second-order valence-electron chi connectivity index (χ2n) is 5.42. The molecule has 0 aliphatic heterocycles. The lowest BCUT2D eigenvalue weighted by atomic mass is 10.2. The summed E-state index contributed by atoms with van der Waals surface area (Å²) in [5, 5.41) is 15.2. The Morgan fingerprint density at radius 1 is 0.783 bits per heavy atom. The van der Waals surface area contributed by atoms with E-state index in [1.165, 1.54) is 11.1 Å². The van der Waals surface area contributed by atoms with Crippen LogP contribution in [-0.4, -0.2) is 31.3 Å². The van der Waals surface area contributed by atoms with E-state index in [-0.39, 0.29) is 6.61 Å². The van der Waals surface area contributed by atoms with Crippen LogP contribution in [0.2, 0.25) is 0 Å². The SMILES string of the molecule is OCCNCCCNCc1ccc(OCc2ccccc2)cc1. The monoisotopic (exact) mass is 314 g/mol. The van der Waals surface area contributed by atoms with Crippen molar-refractivity contribution in [3.8, 4) is 5.75 Å². The number of hydrogen-bond donors (Lipinski definition) is 3. The fraction of sp³-hybridized carbons (Fsp3) is 0.368. The Morgan fingerprint density at radius 2 is 1.52 bits per heavy atom.